The summed E-state index contributed by atoms with van der Waals surface area (Å²) in [5.41, 5.74) is 9.30. The SMILES string of the molecule is Cc1ccc(O)c(-c2ccccc2N)c1. The molecule has 2 aromatic rings. The molecule has 0 amide bonds. The highest BCUT2D eigenvalue weighted by Gasteiger charge is 2.06. The standard InChI is InChI=1S/C13H13NO/c1-9-6-7-13(15)11(8-9)10-4-2-3-5-12(10)14/h2-8,15H,14H2,1H3. The Hall–Kier alpha value is -1.96. The lowest BCUT2D eigenvalue weighted by Gasteiger charge is -2.08. The summed E-state index contributed by atoms with van der Waals surface area (Å²) in [6.45, 7) is 1.99. The third kappa shape index (κ3) is 1.79. The van der Waals surface area contributed by atoms with Crippen LogP contribution in [-0.2, 0) is 0 Å². The van der Waals surface area contributed by atoms with Crippen LogP contribution >= 0.6 is 0 Å². The maximum absolute atomic E-state index is 9.76. The Morgan fingerprint density at radius 3 is 2.47 bits per heavy atom. The molecule has 0 saturated heterocycles. The normalized spacial score (nSPS) is 10.2. The average molecular weight is 199 g/mol. The number of nitrogen functional groups attached to an aromatic ring is 1. The highest BCUT2D eigenvalue weighted by Crippen LogP contribution is 2.33. The van der Waals surface area contributed by atoms with Gasteiger partial charge >= 0.3 is 0 Å². The molecular weight excluding hydrogens is 186 g/mol. The van der Waals surface area contributed by atoms with E-state index in [0.717, 1.165) is 16.7 Å². The third-order valence-electron chi connectivity index (χ3n) is 2.40. The Morgan fingerprint density at radius 1 is 1.00 bits per heavy atom. The minimum atomic E-state index is 0.263. The fourth-order valence-electron chi connectivity index (χ4n) is 1.61. The molecule has 0 spiro atoms. The summed E-state index contributed by atoms with van der Waals surface area (Å²) >= 11 is 0. The maximum atomic E-state index is 9.76. The molecule has 0 aliphatic carbocycles. The van der Waals surface area contributed by atoms with Gasteiger partial charge < -0.3 is 10.8 Å². The van der Waals surface area contributed by atoms with E-state index in [1.165, 1.54) is 0 Å². The molecule has 0 saturated carbocycles. The first kappa shape index (κ1) is 9.59. The number of phenolic OH excluding ortho intramolecular Hbond substituents is 1. The number of aryl methyl sites for hydroxylation is 1. The average Bonchev–Trinajstić information content (AvgIpc) is 2.23. The van der Waals surface area contributed by atoms with Gasteiger partial charge in [0, 0.05) is 16.8 Å². The molecular formula is C13H13NO. The van der Waals surface area contributed by atoms with Crippen molar-refractivity contribution in [2.24, 2.45) is 0 Å². The second kappa shape index (κ2) is 3.65. The molecule has 2 nitrogen and oxygen atoms in total. The zero-order valence-corrected chi connectivity index (χ0v) is 8.57. The van der Waals surface area contributed by atoms with E-state index < -0.39 is 0 Å². The second-order valence-electron chi connectivity index (χ2n) is 3.61. The first-order valence-electron chi connectivity index (χ1n) is 4.83. The van der Waals surface area contributed by atoms with Crippen LogP contribution in [0, 0.1) is 6.92 Å². The van der Waals surface area contributed by atoms with Gasteiger partial charge in [0.1, 0.15) is 5.75 Å². The summed E-state index contributed by atoms with van der Waals surface area (Å²) in [6, 6.07) is 13.0. The Labute approximate surface area is 89.0 Å². The van der Waals surface area contributed by atoms with E-state index in [4.69, 9.17) is 5.73 Å². The molecule has 15 heavy (non-hydrogen) atoms. The lowest BCUT2D eigenvalue weighted by molar-refractivity contribution is 0.477. The molecule has 2 heteroatoms. The predicted molar refractivity (Wildman–Crippen MR) is 62.7 cm³/mol. The van der Waals surface area contributed by atoms with Crippen LogP contribution in [0.3, 0.4) is 0 Å². The molecule has 0 aliphatic rings. The summed E-state index contributed by atoms with van der Waals surface area (Å²) in [6.07, 6.45) is 0. The molecule has 0 unspecified atom stereocenters. The number of aromatic hydroxyl groups is 1. The molecule has 0 heterocycles. The molecule has 76 valence electrons. The van der Waals surface area contributed by atoms with E-state index in [1.807, 2.05) is 43.3 Å². The molecule has 2 rings (SSSR count). The van der Waals surface area contributed by atoms with Gasteiger partial charge in [0.25, 0.3) is 0 Å². The van der Waals surface area contributed by atoms with Gasteiger partial charge in [-0.2, -0.15) is 0 Å². The zero-order chi connectivity index (χ0) is 10.8. The zero-order valence-electron chi connectivity index (χ0n) is 8.57. The molecule has 0 bridgehead atoms. The van der Waals surface area contributed by atoms with Crippen molar-refractivity contribution in [3.05, 3.63) is 48.0 Å². The quantitative estimate of drug-likeness (QED) is 0.693. The summed E-state index contributed by atoms with van der Waals surface area (Å²) in [7, 11) is 0. The van der Waals surface area contributed by atoms with Crippen LogP contribution in [0.4, 0.5) is 5.69 Å². The molecule has 0 aliphatic heterocycles. The second-order valence-corrected chi connectivity index (χ2v) is 3.61. The molecule has 3 N–H and O–H groups in total. The van der Waals surface area contributed by atoms with Gasteiger partial charge in [0.05, 0.1) is 0 Å². The van der Waals surface area contributed by atoms with Crippen molar-refractivity contribution in [1.82, 2.24) is 0 Å². The first-order valence-corrected chi connectivity index (χ1v) is 4.83. The van der Waals surface area contributed by atoms with E-state index in [2.05, 4.69) is 0 Å². The van der Waals surface area contributed by atoms with Crippen molar-refractivity contribution in [2.75, 3.05) is 5.73 Å². The Kier molecular flexibility index (Phi) is 2.34. The lowest BCUT2D eigenvalue weighted by atomic mass is 10.0. The number of benzene rings is 2. The van der Waals surface area contributed by atoms with Crippen LogP contribution in [-0.4, -0.2) is 5.11 Å². The third-order valence-corrected chi connectivity index (χ3v) is 2.40. The maximum Gasteiger partial charge on any atom is 0.123 e. The Balaban J connectivity index is 2.64. The van der Waals surface area contributed by atoms with Gasteiger partial charge in [0.15, 0.2) is 0 Å². The van der Waals surface area contributed by atoms with Crippen LogP contribution in [0.2, 0.25) is 0 Å². The van der Waals surface area contributed by atoms with Gasteiger partial charge in [0.2, 0.25) is 0 Å². The number of phenols is 1. The highest BCUT2D eigenvalue weighted by atomic mass is 16.3. The lowest BCUT2D eigenvalue weighted by Crippen LogP contribution is -1.89. The van der Waals surface area contributed by atoms with Gasteiger partial charge in [-0.15, -0.1) is 0 Å². The Morgan fingerprint density at radius 2 is 1.73 bits per heavy atom. The van der Waals surface area contributed by atoms with Crippen molar-refractivity contribution in [2.45, 2.75) is 6.92 Å². The van der Waals surface area contributed by atoms with E-state index >= 15 is 0 Å². The molecule has 0 aromatic heterocycles. The van der Waals surface area contributed by atoms with Gasteiger partial charge in [-0.05, 0) is 25.1 Å². The fraction of sp³-hybridized carbons (Fsp3) is 0.0769. The highest BCUT2D eigenvalue weighted by molar-refractivity contribution is 5.80. The van der Waals surface area contributed by atoms with Crippen molar-refractivity contribution < 1.29 is 5.11 Å². The van der Waals surface area contributed by atoms with Crippen LogP contribution in [0.15, 0.2) is 42.5 Å². The van der Waals surface area contributed by atoms with Gasteiger partial charge in [-0.1, -0.05) is 29.8 Å². The van der Waals surface area contributed by atoms with E-state index in [0.29, 0.717) is 5.69 Å². The molecule has 0 radical (unpaired) electrons. The molecule has 0 atom stereocenters. The molecule has 2 aromatic carbocycles. The number of rotatable bonds is 1. The Bertz CT molecular complexity index is 492. The van der Waals surface area contributed by atoms with Gasteiger partial charge in [-0.25, -0.2) is 0 Å². The number of para-hydroxylation sites is 1. The van der Waals surface area contributed by atoms with Crippen molar-refractivity contribution in [3.63, 3.8) is 0 Å². The topological polar surface area (TPSA) is 46.2 Å². The molecule has 0 fully saturated rings. The predicted octanol–water partition coefficient (Wildman–Crippen LogP) is 2.95. The number of nitrogens with two attached hydrogens (primary N) is 1. The number of hydrogen-bond acceptors (Lipinski definition) is 2. The summed E-state index contributed by atoms with van der Waals surface area (Å²) < 4.78 is 0. The smallest absolute Gasteiger partial charge is 0.123 e. The summed E-state index contributed by atoms with van der Waals surface area (Å²) in [5.74, 6) is 0.263. The fourth-order valence-corrected chi connectivity index (χ4v) is 1.61. The minimum Gasteiger partial charge on any atom is -0.507 e. The van der Waals surface area contributed by atoms with Crippen LogP contribution < -0.4 is 5.73 Å². The summed E-state index contributed by atoms with van der Waals surface area (Å²) in [4.78, 5) is 0. The summed E-state index contributed by atoms with van der Waals surface area (Å²) in [5, 5.41) is 9.76. The van der Waals surface area contributed by atoms with Crippen molar-refractivity contribution >= 4 is 5.69 Å². The first-order chi connectivity index (χ1) is 7.18. The van der Waals surface area contributed by atoms with Crippen LogP contribution in [0.1, 0.15) is 5.56 Å². The van der Waals surface area contributed by atoms with Crippen molar-refractivity contribution in [1.29, 1.82) is 0 Å². The van der Waals surface area contributed by atoms with E-state index in [9.17, 15) is 5.11 Å². The van der Waals surface area contributed by atoms with Gasteiger partial charge in [-0.3, -0.25) is 0 Å². The van der Waals surface area contributed by atoms with Crippen molar-refractivity contribution in [3.8, 4) is 16.9 Å². The van der Waals surface area contributed by atoms with Crippen LogP contribution in [0.5, 0.6) is 5.75 Å². The minimum absolute atomic E-state index is 0.263. The largest absolute Gasteiger partial charge is 0.507 e. The van der Waals surface area contributed by atoms with E-state index in [-0.39, 0.29) is 5.75 Å². The monoisotopic (exact) mass is 199 g/mol. The van der Waals surface area contributed by atoms with E-state index in [1.54, 1.807) is 6.07 Å². The number of anilines is 1. The number of hydrogen-bond donors (Lipinski definition) is 2. The van der Waals surface area contributed by atoms with Crippen LogP contribution in [0.25, 0.3) is 11.1 Å².